The van der Waals surface area contributed by atoms with E-state index in [2.05, 4.69) is 0 Å². The summed E-state index contributed by atoms with van der Waals surface area (Å²) in [5.74, 6) is 1.25. The predicted octanol–water partition coefficient (Wildman–Crippen LogP) is 2.46. The van der Waals surface area contributed by atoms with Gasteiger partial charge in [-0.2, -0.15) is 0 Å². The molecule has 1 heterocycles. The lowest BCUT2D eigenvalue weighted by molar-refractivity contribution is -0.133. The maximum atomic E-state index is 13.2. The molecule has 150 valence electrons. The first-order chi connectivity index (χ1) is 13.4. The maximum Gasteiger partial charge on any atom is 0.227 e. The molecule has 28 heavy (non-hydrogen) atoms. The van der Waals surface area contributed by atoms with Crippen LogP contribution in [-0.4, -0.2) is 51.0 Å². The first-order valence-corrected chi connectivity index (χ1v) is 11.0. The smallest absolute Gasteiger partial charge is 0.227 e. The average Bonchev–Trinajstić information content (AvgIpc) is 3.06. The van der Waals surface area contributed by atoms with E-state index in [1.807, 2.05) is 36.4 Å². The number of benzene rings is 2. The Morgan fingerprint density at radius 2 is 1.86 bits per heavy atom. The molecule has 0 aliphatic carbocycles. The fourth-order valence-electron chi connectivity index (χ4n) is 3.48. The Hall–Kier alpha value is -2.54. The molecule has 1 amide bonds. The maximum absolute atomic E-state index is 13.2. The van der Waals surface area contributed by atoms with E-state index >= 15 is 0 Å². The van der Waals surface area contributed by atoms with Crippen LogP contribution >= 0.6 is 0 Å². The summed E-state index contributed by atoms with van der Waals surface area (Å²) in [7, 11) is 0.0247. The van der Waals surface area contributed by atoms with Crippen LogP contribution in [0, 0.1) is 0 Å². The van der Waals surface area contributed by atoms with Crippen LogP contribution in [0.3, 0.4) is 0 Å². The van der Waals surface area contributed by atoms with E-state index < -0.39 is 9.84 Å². The van der Waals surface area contributed by atoms with Gasteiger partial charge < -0.3 is 14.4 Å². The summed E-state index contributed by atoms with van der Waals surface area (Å²) in [6, 6.07) is 14.7. The molecule has 1 aliphatic heterocycles. The topological polar surface area (TPSA) is 72.9 Å². The number of methoxy groups -OCH3 is 2. The van der Waals surface area contributed by atoms with Crippen molar-refractivity contribution in [3.8, 4) is 11.5 Å². The van der Waals surface area contributed by atoms with Crippen LogP contribution in [0.15, 0.2) is 48.5 Å². The third-order valence-corrected chi connectivity index (χ3v) is 6.75. The van der Waals surface area contributed by atoms with E-state index in [-0.39, 0.29) is 29.9 Å². The molecule has 1 aliphatic rings. The fourth-order valence-corrected chi connectivity index (χ4v) is 5.22. The van der Waals surface area contributed by atoms with Gasteiger partial charge in [0, 0.05) is 24.2 Å². The summed E-state index contributed by atoms with van der Waals surface area (Å²) in [4.78, 5) is 14.9. The van der Waals surface area contributed by atoms with Crippen LogP contribution in [0.1, 0.15) is 17.5 Å². The van der Waals surface area contributed by atoms with Gasteiger partial charge in [-0.3, -0.25) is 4.79 Å². The largest absolute Gasteiger partial charge is 0.497 e. The number of hydrogen-bond donors (Lipinski definition) is 0. The van der Waals surface area contributed by atoms with Crippen molar-refractivity contribution in [1.29, 1.82) is 0 Å². The molecule has 0 bridgehead atoms. The van der Waals surface area contributed by atoms with E-state index in [0.717, 1.165) is 11.1 Å². The number of rotatable bonds is 7. The first-order valence-electron chi connectivity index (χ1n) is 9.16. The van der Waals surface area contributed by atoms with E-state index in [1.165, 1.54) is 0 Å². The molecule has 1 fully saturated rings. The van der Waals surface area contributed by atoms with Gasteiger partial charge in [-0.25, -0.2) is 8.42 Å². The highest BCUT2D eigenvalue weighted by molar-refractivity contribution is 7.91. The lowest BCUT2D eigenvalue weighted by Gasteiger charge is -2.29. The molecule has 7 heteroatoms. The Balaban J connectivity index is 1.84. The Morgan fingerprint density at radius 1 is 1.11 bits per heavy atom. The molecule has 1 atom stereocenters. The van der Waals surface area contributed by atoms with E-state index in [0.29, 0.717) is 24.5 Å². The number of sulfone groups is 1. The number of nitrogens with zero attached hydrogens (tertiary/aromatic N) is 1. The van der Waals surface area contributed by atoms with Crippen LogP contribution in [0.2, 0.25) is 0 Å². The molecule has 1 saturated heterocycles. The van der Waals surface area contributed by atoms with Crippen LogP contribution in [0.5, 0.6) is 11.5 Å². The van der Waals surface area contributed by atoms with E-state index in [9.17, 15) is 13.2 Å². The van der Waals surface area contributed by atoms with Crippen molar-refractivity contribution in [3.05, 3.63) is 59.7 Å². The number of carbonyl (C=O) groups is 1. The summed E-state index contributed by atoms with van der Waals surface area (Å²) in [5, 5.41) is 0. The van der Waals surface area contributed by atoms with Gasteiger partial charge in [0.15, 0.2) is 9.84 Å². The number of carbonyl (C=O) groups excluding carboxylic acids is 1. The standard InChI is InChI=1S/C21H25NO5S/c1-26-19-9-8-17(20(13-19)27-2)12-21(23)22(14-16-6-4-3-5-7-16)18-10-11-28(24,25)15-18/h3-9,13,18H,10-12,14-15H2,1-2H3. The van der Waals surface area contributed by atoms with Gasteiger partial charge in [0.05, 0.1) is 32.1 Å². The third kappa shape index (κ3) is 4.84. The second-order valence-corrected chi connectivity index (χ2v) is 9.15. The van der Waals surface area contributed by atoms with Crippen molar-refractivity contribution in [2.75, 3.05) is 25.7 Å². The van der Waals surface area contributed by atoms with Crippen LogP contribution < -0.4 is 9.47 Å². The van der Waals surface area contributed by atoms with Gasteiger partial charge in [0.1, 0.15) is 11.5 Å². The highest BCUT2D eigenvalue weighted by Gasteiger charge is 2.34. The zero-order valence-electron chi connectivity index (χ0n) is 16.1. The number of hydrogen-bond acceptors (Lipinski definition) is 5. The predicted molar refractivity (Wildman–Crippen MR) is 107 cm³/mol. The Labute approximate surface area is 166 Å². The molecule has 1 unspecified atom stereocenters. The zero-order valence-corrected chi connectivity index (χ0v) is 16.9. The summed E-state index contributed by atoms with van der Waals surface area (Å²) in [6.07, 6.45) is 0.608. The molecule has 0 saturated carbocycles. The van der Waals surface area contributed by atoms with Crippen LogP contribution in [0.25, 0.3) is 0 Å². The van der Waals surface area contributed by atoms with Gasteiger partial charge in [0.25, 0.3) is 0 Å². The molecular weight excluding hydrogens is 378 g/mol. The van der Waals surface area contributed by atoms with Crippen LogP contribution in [0.4, 0.5) is 0 Å². The lowest BCUT2D eigenvalue weighted by Crippen LogP contribution is -2.41. The van der Waals surface area contributed by atoms with Crippen molar-refractivity contribution in [3.63, 3.8) is 0 Å². The van der Waals surface area contributed by atoms with Crippen molar-refractivity contribution in [2.24, 2.45) is 0 Å². The number of ether oxygens (including phenoxy) is 2. The van der Waals surface area contributed by atoms with Crippen LogP contribution in [-0.2, 0) is 27.6 Å². The molecule has 0 aromatic heterocycles. The van der Waals surface area contributed by atoms with Crippen molar-refractivity contribution < 1.29 is 22.7 Å². The monoisotopic (exact) mass is 403 g/mol. The van der Waals surface area contributed by atoms with Gasteiger partial charge >= 0.3 is 0 Å². The minimum atomic E-state index is -3.10. The van der Waals surface area contributed by atoms with Gasteiger partial charge in [-0.1, -0.05) is 36.4 Å². The second-order valence-electron chi connectivity index (χ2n) is 6.92. The van der Waals surface area contributed by atoms with Gasteiger partial charge in [-0.05, 0) is 18.1 Å². The molecular formula is C21H25NO5S. The van der Waals surface area contributed by atoms with Crippen molar-refractivity contribution in [1.82, 2.24) is 4.90 Å². The number of amides is 1. The van der Waals surface area contributed by atoms with Gasteiger partial charge in [-0.15, -0.1) is 0 Å². The van der Waals surface area contributed by atoms with E-state index in [1.54, 1.807) is 31.3 Å². The summed E-state index contributed by atoms with van der Waals surface area (Å²) < 4.78 is 34.6. The Morgan fingerprint density at radius 3 is 2.46 bits per heavy atom. The second kappa shape index (κ2) is 8.65. The summed E-state index contributed by atoms with van der Waals surface area (Å²) in [6.45, 7) is 0.387. The molecule has 3 rings (SSSR count). The SMILES string of the molecule is COc1ccc(CC(=O)N(Cc2ccccc2)C2CCS(=O)(=O)C2)c(OC)c1. The zero-order chi connectivity index (χ0) is 20.1. The molecule has 0 radical (unpaired) electrons. The van der Waals surface area contributed by atoms with Crippen molar-refractivity contribution in [2.45, 2.75) is 25.4 Å². The normalized spacial score (nSPS) is 17.9. The van der Waals surface area contributed by atoms with Gasteiger partial charge in [0.2, 0.25) is 5.91 Å². The summed E-state index contributed by atoms with van der Waals surface area (Å²) >= 11 is 0. The minimum Gasteiger partial charge on any atom is -0.497 e. The molecule has 6 nitrogen and oxygen atoms in total. The molecule has 2 aromatic carbocycles. The highest BCUT2D eigenvalue weighted by Crippen LogP contribution is 2.27. The highest BCUT2D eigenvalue weighted by atomic mass is 32.2. The van der Waals surface area contributed by atoms with Crippen molar-refractivity contribution >= 4 is 15.7 Å². The Bertz CT molecular complexity index is 927. The lowest BCUT2D eigenvalue weighted by atomic mass is 10.1. The Kier molecular flexibility index (Phi) is 6.24. The third-order valence-electron chi connectivity index (χ3n) is 5.00. The average molecular weight is 404 g/mol. The minimum absolute atomic E-state index is 0.0192. The summed E-state index contributed by atoms with van der Waals surface area (Å²) in [5.41, 5.74) is 1.72. The molecule has 0 spiro atoms. The fraction of sp³-hybridized carbons (Fsp3) is 0.381. The quantitative estimate of drug-likeness (QED) is 0.710. The molecule has 0 N–H and O–H groups in total. The van der Waals surface area contributed by atoms with E-state index in [4.69, 9.17) is 9.47 Å². The first kappa shape index (κ1) is 20.2. The molecule has 2 aromatic rings.